The van der Waals surface area contributed by atoms with Gasteiger partial charge in [-0.1, -0.05) is 17.7 Å². The van der Waals surface area contributed by atoms with Crippen LogP contribution in [0, 0.1) is 11.6 Å². The molecule has 6 heteroatoms. The normalized spacial score (nSPS) is 13.2. The quantitative estimate of drug-likeness (QED) is 0.661. The number of nitrogens with zero attached hydrogens (tertiary/aromatic N) is 2. The van der Waals surface area contributed by atoms with Crippen LogP contribution < -0.4 is 0 Å². The third kappa shape index (κ3) is 2.95. The second kappa shape index (κ2) is 6.50. The monoisotopic (exact) mass is 370 g/mol. The first-order valence-corrected chi connectivity index (χ1v) is 8.37. The van der Waals surface area contributed by atoms with Crippen LogP contribution >= 0.6 is 11.6 Å². The maximum atomic E-state index is 13.9. The molecule has 0 saturated heterocycles. The zero-order chi connectivity index (χ0) is 18.3. The van der Waals surface area contributed by atoms with Gasteiger partial charge in [-0.15, -0.1) is 0 Å². The Morgan fingerprint density at radius 3 is 2.54 bits per heavy atom. The van der Waals surface area contributed by atoms with Crippen LogP contribution in [0.2, 0.25) is 5.02 Å². The predicted octanol–water partition coefficient (Wildman–Crippen LogP) is 4.84. The van der Waals surface area contributed by atoms with Crippen molar-refractivity contribution in [1.82, 2.24) is 9.88 Å². The molecule has 0 unspecified atom stereocenters. The van der Waals surface area contributed by atoms with Gasteiger partial charge in [0.2, 0.25) is 0 Å². The third-order valence-electron chi connectivity index (χ3n) is 4.42. The van der Waals surface area contributed by atoms with E-state index in [1.54, 1.807) is 18.5 Å². The van der Waals surface area contributed by atoms with Gasteiger partial charge in [0.15, 0.2) is 0 Å². The van der Waals surface area contributed by atoms with Crippen LogP contribution in [0.1, 0.15) is 21.5 Å². The lowest BCUT2D eigenvalue weighted by Crippen LogP contribution is -2.24. The zero-order valence-electron chi connectivity index (χ0n) is 13.5. The number of hydrogen-bond acceptors (Lipinski definition) is 2. The molecule has 2 heterocycles. The van der Waals surface area contributed by atoms with Crippen molar-refractivity contribution in [2.45, 2.75) is 13.1 Å². The molecule has 0 saturated carbocycles. The van der Waals surface area contributed by atoms with E-state index in [-0.39, 0.29) is 18.0 Å². The van der Waals surface area contributed by atoms with E-state index in [0.717, 1.165) is 22.8 Å². The highest BCUT2D eigenvalue weighted by Crippen LogP contribution is 2.35. The Morgan fingerprint density at radius 1 is 1.04 bits per heavy atom. The lowest BCUT2D eigenvalue weighted by Gasteiger charge is -2.16. The van der Waals surface area contributed by atoms with Crippen molar-refractivity contribution < 1.29 is 13.6 Å². The van der Waals surface area contributed by atoms with Crippen molar-refractivity contribution in [3.63, 3.8) is 0 Å². The summed E-state index contributed by atoms with van der Waals surface area (Å²) in [7, 11) is 0. The van der Waals surface area contributed by atoms with Gasteiger partial charge in [-0.25, -0.2) is 8.78 Å². The van der Waals surface area contributed by atoms with Crippen molar-refractivity contribution in [2.24, 2.45) is 0 Å². The molecule has 3 nitrogen and oxygen atoms in total. The Hall–Kier alpha value is -2.79. The molecule has 4 rings (SSSR count). The van der Waals surface area contributed by atoms with Crippen LogP contribution in [-0.4, -0.2) is 15.8 Å². The van der Waals surface area contributed by atoms with Crippen LogP contribution in [0.4, 0.5) is 8.78 Å². The fourth-order valence-electron chi connectivity index (χ4n) is 3.16. The Kier molecular flexibility index (Phi) is 4.17. The van der Waals surface area contributed by atoms with Crippen molar-refractivity contribution >= 4 is 17.5 Å². The SMILES string of the molecule is O=C1c2c(Cl)cc(-c3ccncc3)cc2CN1Cc1ccc(F)cc1F. The minimum Gasteiger partial charge on any atom is -0.330 e. The summed E-state index contributed by atoms with van der Waals surface area (Å²) in [5.41, 5.74) is 3.32. The summed E-state index contributed by atoms with van der Waals surface area (Å²) >= 11 is 6.35. The van der Waals surface area contributed by atoms with E-state index in [1.165, 1.54) is 17.0 Å². The number of halogens is 3. The van der Waals surface area contributed by atoms with Gasteiger partial charge in [0.05, 0.1) is 10.6 Å². The molecule has 0 N–H and O–H groups in total. The second-order valence-corrected chi connectivity index (χ2v) is 6.53. The number of pyridine rings is 1. The first-order valence-electron chi connectivity index (χ1n) is 7.99. The van der Waals surface area contributed by atoms with Crippen LogP contribution in [0.15, 0.2) is 54.9 Å². The average Bonchev–Trinajstić information content (AvgIpc) is 2.94. The number of fused-ring (bicyclic) bond motifs is 1. The molecule has 0 bridgehead atoms. The molecule has 2 aromatic carbocycles. The fourth-order valence-corrected chi connectivity index (χ4v) is 3.48. The van der Waals surface area contributed by atoms with Gasteiger partial charge in [-0.05, 0) is 47.0 Å². The molecule has 3 aromatic rings. The third-order valence-corrected chi connectivity index (χ3v) is 4.72. The average molecular weight is 371 g/mol. The van der Waals surface area contributed by atoms with Gasteiger partial charge in [0.1, 0.15) is 11.6 Å². The maximum Gasteiger partial charge on any atom is 0.256 e. The van der Waals surface area contributed by atoms with Crippen molar-refractivity contribution in [1.29, 1.82) is 0 Å². The lowest BCUT2D eigenvalue weighted by atomic mass is 10.0. The largest absolute Gasteiger partial charge is 0.330 e. The minimum absolute atomic E-state index is 0.0561. The first-order chi connectivity index (χ1) is 12.5. The van der Waals surface area contributed by atoms with Gasteiger partial charge >= 0.3 is 0 Å². The number of amides is 1. The summed E-state index contributed by atoms with van der Waals surface area (Å²) in [6.45, 7) is 0.379. The standard InChI is InChI=1S/C20H13ClF2N2O/c21-17-8-14(12-3-5-24-6-4-12)7-15-11-25(20(26)19(15)17)10-13-1-2-16(22)9-18(13)23/h1-9H,10-11H2. The molecule has 0 aliphatic carbocycles. The van der Waals surface area contributed by atoms with E-state index in [1.807, 2.05) is 18.2 Å². The molecular weight excluding hydrogens is 358 g/mol. The van der Waals surface area contributed by atoms with Crippen LogP contribution in [0.5, 0.6) is 0 Å². The molecule has 1 aromatic heterocycles. The highest BCUT2D eigenvalue weighted by Gasteiger charge is 2.30. The van der Waals surface area contributed by atoms with Gasteiger partial charge < -0.3 is 4.90 Å². The molecule has 130 valence electrons. The molecular formula is C20H13ClF2N2O. The summed E-state index contributed by atoms with van der Waals surface area (Å²) in [4.78, 5) is 18.2. The smallest absolute Gasteiger partial charge is 0.256 e. The second-order valence-electron chi connectivity index (χ2n) is 6.13. The van der Waals surface area contributed by atoms with E-state index >= 15 is 0 Å². The van der Waals surface area contributed by atoms with Crippen molar-refractivity contribution in [2.75, 3.05) is 0 Å². The van der Waals surface area contributed by atoms with Crippen molar-refractivity contribution in [3.8, 4) is 11.1 Å². The number of carbonyl (C=O) groups is 1. The van der Waals surface area contributed by atoms with Gasteiger partial charge in [-0.3, -0.25) is 9.78 Å². The number of rotatable bonds is 3. The fraction of sp³-hybridized carbons (Fsp3) is 0.100. The Labute approximate surface area is 153 Å². The highest BCUT2D eigenvalue weighted by molar-refractivity contribution is 6.34. The van der Waals surface area contributed by atoms with E-state index in [9.17, 15) is 13.6 Å². The van der Waals surface area contributed by atoms with Gasteiger partial charge in [0, 0.05) is 37.1 Å². The molecule has 0 radical (unpaired) electrons. The van der Waals surface area contributed by atoms with Crippen LogP contribution in [-0.2, 0) is 13.1 Å². The summed E-state index contributed by atoms with van der Waals surface area (Å²) < 4.78 is 27.0. The number of hydrogen-bond donors (Lipinski definition) is 0. The molecule has 1 aliphatic heterocycles. The van der Waals surface area contributed by atoms with Gasteiger partial charge in [0.25, 0.3) is 5.91 Å². The van der Waals surface area contributed by atoms with Crippen LogP contribution in [0.25, 0.3) is 11.1 Å². The first kappa shape index (κ1) is 16.7. The molecule has 0 spiro atoms. The Balaban J connectivity index is 1.66. The number of aromatic nitrogens is 1. The Bertz CT molecular complexity index is 1010. The lowest BCUT2D eigenvalue weighted by molar-refractivity contribution is 0.0765. The minimum atomic E-state index is -0.669. The molecule has 26 heavy (non-hydrogen) atoms. The molecule has 1 amide bonds. The van der Waals surface area contributed by atoms with Crippen LogP contribution in [0.3, 0.4) is 0 Å². The predicted molar refractivity (Wildman–Crippen MR) is 94.6 cm³/mol. The summed E-state index contributed by atoms with van der Waals surface area (Å²) in [6, 6.07) is 10.7. The highest BCUT2D eigenvalue weighted by atomic mass is 35.5. The van der Waals surface area contributed by atoms with Crippen molar-refractivity contribution in [3.05, 3.63) is 88.2 Å². The summed E-state index contributed by atoms with van der Waals surface area (Å²) in [5.74, 6) is -1.57. The number of benzene rings is 2. The molecule has 1 aliphatic rings. The summed E-state index contributed by atoms with van der Waals surface area (Å²) in [5, 5.41) is 0.362. The molecule has 0 fully saturated rings. The van der Waals surface area contributed by atoms with E-state index in [2.05, 4.69) is 4.98 Å². The topological polar surface area (TPSA) is 33.2 Å². The van der Waals surface area contributed by atoms with Gasteiger partial charge in [-0.2, -0.15) is 0 Å². The molecule has 0 atom stereocenters. The van der Waals surface area contributed by atoms with E-state index < -0.39 is 11.6 Å². The maximum absolute atomic E-state index is 13.9. The summed E-state index contributed by atoms with van der Waals surface area (Å²) in [6.07, 6.45) is 3.37. The number of carbonyl (C=O) groups excluding carboxylic acids is 1. The van der Waals surface area contributed by atoms with E-state index in [4.69, 9.17) is 11.6 Å². The Morgan fingerprint density at radius 2 is 1.81 bits per heavy atom. The zero-order valence-corrected chi connectivity index (χ0v) is 14.3. The van der Waals surface area contributed by atoms with E-state index in [0.29, 0.717) is 17.1 Å².